The van der Waals surface area contributed by atoms with Gasteiger partial charge >= 0.3 is 0 Å². The van der Waals surface area contributed by atoms with E-state index >= 15 is 0 Å². The lowest BCUT2D eigenvalue weighted by Crippen LogP contribution is -2.22. The Hall–Kier alpha value is -2.39. The Morgan fingerprint density at radius 1 is 1.03 bits per heavy atom. The fourth-order valence-corrected chi connectivity index (χ4v) is 4.68. The summed E-state index contributed by atoms with van der Waals surface area (Å²) in [5, 5.41) is 0. The van der Waals surface area contributed by atoms with E-state index in [4.69, 9.17) is 19.4 Å². The van der Waals surface area contributed by atoms with Crippen molar-refractivity contribution >= 4 is 35.0 Å². The molecule has 0 aliphatic rings. The average molecular weight is 526 g/mol. The number of fused-ring (bicyclic) bond motifs is 1. The highest BCUT2D eigenvalue weighted by atomic mass is 79.9. The molecule has 0 bridgehead atoms. The van der Waals surface area contributed by atoms with Crippen LogP contribution in [0.2, 0.25) is 25.7 Å². The van der Waals surface area contributed by atoms with Crippen molar-refractivity contribution in [3.63, 3.8) is 0 Å². The third-order valence-corrected chi connectivity index (χ3v) is 7.46. The summed E-state index contributed by atoms with van der Waals surface area (Å²) in [7, 11) is 0.557. The molecule has 0 aliphatic heterocycles. The molecule has 0 N–H and O–H groups in total. The Kier molecular flexibility index (Phi) is 7.38. The van der Waals surface area contributed by atoms with E-state index in [0.717, 1.165) is 56.4 Å². The lowest BCUT2D eigenvalue weighted by molar-refractivity contribution is 0.0882. The topological polar surface area (TPSA) is 62.1 Å². The largest absolute Gasteiger partial charge is 0.380 e. The smallest absolute Gasteiger partial charge is 0.124 e. The maximum Gasteiger partial charge on any atom is 0.124 e. The Bertz CT molecular complexity index is 1250. The van der Waals surface area contributed by atoms with Crippen LogP contribution >= 0.6 is 15.9 Å². The molecule has 0 spiro atoms. The number of imidazole rings is 1. The van der Waals surface area contributed by atoms with Gasteiger partial charge < -0.3 is 14.0 Å². The minimum atomic E-state index is -1.15. The van der Waals surface area contributed by atoms with Crippen molar-refractivity contribution in [1.29, 1.82) is 0 Å². The number of rotatable bonds is 9. The third kappa shape index (κ3) is 5.95. The highest BCUT2D eigenvalue weighted by molar-refractivity contribution is 9.10. The van der Waals surface area contributed by atoms with Gasteiger partial charge in [0.05, 0.1) is 35.4 Å². The van der Waals surface area contributed by atoms with Crippen molar-refractivity contribution < 1.29 is 9.47 Å². The maximum atomic E-state index is 6.07. The highest BCUT2D eigenvalue weighted by Crippen LogP contribution is 2.32. The van der Waals surface area contributed by atoms with E-state index in [0.29, 0.717) is 13.3 Å². The van der Waals surface area contributed by atoms with Crippen LogP contribution in [0.15, 0.2) is 59.5 Å². The second kappa shape index (κ2) is 10.3. The maximum absolute atomic E-state index is 6.07. The third-order valence-electron chi connectivity index (χ3n) is 5.32. The summed E-state index contributed by atoms with van der Waals surface area (Å²) in [6.45, 7) is 8.82. The lowest BCUT2D eigenvalue weighted by atomic mass is 10.0. The normalized spacial score (nSPS) is 11.9. The monoisotopic (exact) mass is 524 g/mol. The summed E-state index contributed by atoms with van der Waals surface area (Å²) < 4.78 is 14.4. The molecule has 0 saturated carbocycles. The van der Waals surface area contributed by atoms with E-state index < -0.39 is 8.07 Å². The van der Waals surface area contributed by atoms with Gasteiger partial charge in [-0.25, -0.2) is 9.97 Å². The molecule has 0 unspecified atom stereocenters. The minimum Gasteiger partial charge on any atom is -0.380 e. The molecule has 0 amide bonds. The number of halogens is 1. The van der Waals surface area contributed by atoms with Crippen molar-refractivity contribution in [1.82, 2.24) is 19.5 Å². The Balaban J connectivity index is 1.74. The predicted octanol–water partition coefficient (Wildman–Crippen LogP) is 6.38. The fourth-order valence-electron chi connectivity index (χ4n) is 3.60. The van der Waals surface area contributed by atoms with Crippen molar-refractivity contribution in [2.45, 2.75) is 39.0 Å². The number of hydrogen-bond donors (Lipinski definition) is 0. The number of pyridine rings is 2. The van der Waals surface area contributed by atoms with E-state index in [1.54, 1.807) is 13.3 Å². The van der Waals surface area contributed by atoms with Gasteiger partial charge in [-0.1, -0.05) is 37.8 Å². The first-order valence-electron chi connectivity index (χ1n) is 11.0. The number of nitrogens with zero attached hydrogens (tertiary/aromatic N) is 4. The van der Waals surface area contributed by atoms with E-state index in [1.165, 1.54) is 0 Å². The molecule has 172 valence electrons. The molecular formula is C25H29BrN4O2Si. The van der Waals surface area contributed by atoms with Crippen molar-refractivity contribution in [2.75, 3.05) is 13.7 Å². The molecule has 0 saturated heterocycles. The van der Waals surface area contributed by atoms with Crippen LogP contribution in [-0.2, 0) is 22.8 Å². The van der Waals surface area contributed by atoms with Gasteiger partial charge in [0.1, 0.15) is 12.4 Å². The number of hydrogen-bond acceptors (Lipinski definition) is 5. The lowest BCUT2D eigenvalue weighted by Gasteiger charge is -2.16. The number of methoxy groups -OCH3 is 1. The van der Waals surface area contributed by atoms with Crippen molar-refractivity contribution in [2.24, 2.45) is 0 Å². The Morgan fingerprint density at radius 2 is 1.88 bits per heavy atom. The zero-order valence-corrected chi connectivity index (χ0v) is 22.1. The SMILES string of the molecule is COCc1cccc(-c2c(-c3ccc4ncc(Br)cc4n3)ncn2COCC[Si](C)(C)C)c1. The zero-order chi connectivity index (χ0) is 23.4. The van der Waals surface area contributed by atoms with Gasteiger partial charge in [0.25, 0.3) is 0 Å². The van der Waals surface area contributed by atoms with Crippen molar-refractivity contribution in [3.8, 4) is 22.6 Å². The molecule has 0 aliphatic carbocycles. The van der Waals surface area contributed by atoms with Gasteiger partial charge in [-0.05, 0) is 51.8 Å². The number of benzene rings is 1. The molecule has 33 heavy (non-hydrogen) atoms. The summed E-state index contributed by atoms with van der Waals surface area (Å²) >= 11 is 3.49. The summed E-state index contributed by atoms with van der Waals surface area (Å²) in [6.07, 6.45) is 3.62. The van der Waals surface area contributed by atoms with Crippen LogP contribution in [0.5, 0.6) is 0 Å². The molecule has 3 heterocycles. The molecule has 0 fully saturated rings. The zero-order valence-electron chi connectivity index (χ0n) is 19.5. The summed E-state index contributed by atoms with van der Waals surface area (Å²) in [4.78, 5) is 14.1. The average Bonchev–Trinajstić information content (AvgIpc) is 3.20. The van der Waals surface area contributed by atoms with Gasteiger partial charge in [-0.15, -0.1) is 0 Å². The van der Waals surface area contributed by atoms with Crippen LogP contribution in [0.25, 0.3) is 33.7 Å². The molecule has 6 nitrogen and oxygen atoms in total. The van der Waals surface area contributed by atoms with Crippen molar-refractivity contribution in [3.05, 3.63) is 65.0 Å². The summed E-state index contributed by atoms with van der Waals surface area (Å²) in [6, 6.07) is 15.4. The standard InChI is InChI=1S/C25H29BrN4O2Si/c1-31-15-18-6-5-7-19(12-18)25-24(28-16-30(25)17-32-10-11-33(2,3)4)22-9-8-21-23(29-22)13-20(26)14-27-21/h5-9,12-14,16H,10-11,15,17H2,1-4H3. The van der Waals surface area contributed by atoms with Gasteiger partial charge in [0, 0.05) is 38.0 Å². The fraction of sp³-hybridized carbons (Fsp3) is 0.320. The van der Waals surface area contributed by atoms with E-state index in [-0.39, 0.29) is 0 Å². The molecular weight excluding hydrogens is 496 g/mol. The second-order valence-electron chi connectivity index (χ2n) is 9.28. The summed E-state index contributed by atoms with van der Waals surface area (Å²) in [5.41, 5.74) is 6.43. The van der Waals surface area contributed by atoms with E-state index in [1.807, 2.05) is 30.6 Å². The minimum absolute atomic E-state index is 0.446. The molecule has 1 aromatic carbocycles. The van der Waals surface area contributed by atoms with Crippen LogP contribution in [0.3, 0.4) is 0 Å². The van der Waals surface area contributed by atoms with Crippen LogP contribution < -0.4 is 0 Å². The van der Waals surface area contributed by atoms with E-state index in [2.05, 4.69) is 63.3 Å². The second-order valence-corrected chi connectivity index (χ2v) is 15.8. The van der Waals surface area contributed by atoms with E-state index in [9.17, 15) is 0 Å². The molecule has 0 atom stereocenters. The van der Waals surface area contributed by atoms with Gasteiger partial charge in [0.15, 0.2) is 0 Å². The first kappa shape index (κ1) is 23.8. The highest BCUT2D eigenvalue weighted by Gasteiger charge is 2.18. The van der Waals surface area contributed by atoms with Gasteiger partial charge in [-0.3, -0.25) is 4.98 Å². The quantitative estimate of drug-likeness (QED) is 0.187. The van der Waals surface area contributed by atoms with Crippen LogP contribution in [0.4, 0.5) is 0 Å². The Morgan fingerprint density at radius 3 is 2.67 bits per heavy atom. The molecule has 4 rings (SSSR count). The number of aromatic nitrogens is 4. The molecule has 4 aromatic rings. The Labute approximate surface area is 204 Å². The predicted molar refractivity (Wildman–Crippen MR) is 139 cm³/mol. The first-order chi connectivity index (χ1) is 15.8. The van der Waals surface area contributed by atoms with Crippen LogP contribution in [-0.4, -0.2) is 41.3 Å². The van der Waals surface area contributed by atoms with Gasteiger partial charge in [-0.2, -0.15) is 0 Å². The van der Waals surface area contributed by atoms with Crippen LogP contribution in [0, 0.1) is 0 Å². The van der Waals surface area contributed by atoms with Crippen LogP contribution in [0.1, 0.15) is 5.56 Å². The molecule has 0 radical (unpaired) electrons. The van der Waals surface area contributed by atoms with Gasteiger partial charge in [0.2, 0.25) is 0 Å². The first-order valence-corrected chi connectivity index (χ1v) is 15.5. The number of ether oxygens (including phenoxy) is 2. The molecule has 8 heteroatoms. The summed E-state index contributed by atoms with van der Waals surface area (Å²) in [5.74, 6) is 0. The molecule has 3 aromatic heterocycles.